The van der Waals surface area contributed by atoms with Gasteiger partial charge >= 0.3 is 0 Å². The molecular weight excluding hydrogens is 366 g/mol. The van der Waals surface area contributed by atoms with Crippen LogP contribution >= 0.6 is 0 Å². The molecule has 160 valence electrons. The summed E-state index contributed by atoms with van der Waals surface area (Å²) in [5.41, 5.74) is 0.682. The van der Waals surface area contributed by atoms with E-state index in [1.807, 2.05) is 29.2 Å². The molecule has 6 nitrogen and oxygen atoms in total. The first-order valence-corrected chi connectivity index (χ1v) is 11.0. The molecule has 0 radical (unpaired) electrons. The minimum Gasteiger partial charge on any atom is -0.497 e. The first-order chi connectivity index (χ1) is 14.0. The summed E-state index contributed by atoms with van der Waals surface area (Å²) in [6.45, 7) is 6.97. The number of hydrogen-bond donors (Lipinski definition) is 1. The van der Waals surface area contributed by atoms with E-state index >= 15 is 0 Å². The number of benzene rings is 1. The van der Waals surface area contributed by atoms with Crippen molar-refractivity contribution in [2.24, 2.45) is 5.92 Å². The minimum atomic E-state index is -0.0651. The van der Waals surface area contributed by atoms with E-state index in [1.165, 1.54) is 12.8 Å². The van der Waals surface area contributed by atoms with Crippen LogP contribution in [0.5, 0.6) is 5.75 Å². The molecule has 1 saturated heterocycles. The SMILES string of the molecule is CC[C@H](C)NC(=O)[C@H](C1CCCC1)N1CCN(C(=O)c2ccc(OC)cc2)CC1. The van der Waals surface area contributed by atoms with E-state index in [4.69, 9.17) is 4.74 Å². The largest absolute Gasteiger partial charge is 0.497 e. The quantitative estimate of drug-likeness (QED) is 0.763. The Bertz CT molecular complexity index is 677. The second-order valence-electron chi connectivity index (χ2n) is 8.36. The van der Waals surface area contributed by atoms with Gasteiger partial charge in [0, 0.05) is 37.8 Å². The third-order valence-corrected chi connectivity index (χ3v) is 6.45. The van der Waals surface area contributed by atoms with Gasteiger partial charge < -0.3 is 15.0 Å². The second kappa shape index (κ2) is 10.1. The number of nitrogens with zero attached hydrogens (tertiary/aromatic N) is 2. The Morgan fingerprint density at radius 3 is 2.28 bits per heavy atom. The Labute approximate surface area is 174 Å². The maximum Gasteiger partial charge on any atom is 0.253 e. The van der Waals surface area contributed by atoms with Crippen LogP contribution in [0.2, 0.25) is 0 Å². The van der Waals surface area contributed by atoms with Crippen LogP contribution in [-0.2, 0) is 4.79 Å². The average Bonchev–Trinajstić information content (AvgIpc) is 3.28. The predicted molar refractivity (Wildman–Crippen MR) is 114 cm³/mol. The minimum absolute atomic E-state index is 0.0498. The Morgan fingerprint density at radius 2 is 1.72 bits per heavy atom. The normalized spacial score (nSPS) is 20.3. The fourth-order valence-corrected chi connectivity index (χ4v) is 4.50. The van der Waals surface area contributed by atoms with E-state index in [2.05, 4.69) is 24.1 Å². The van der Waals surface area contributed by atoms with Crippen molar-refractivity contribution in [1.82, 2.24) is 15.1 Å². The topological polar surface area (TPSA) is 61.9 Å². The van der Waals surface area contributed by atoms with E-state index in [9.17, 15) is 9.59 Å². The molecule has 3 rings (SSSR count). The number of carbonyl (C=O) groups is 2. The van der Waals surface area contributed by atoms with Gasteiger partial charge in [0.2, 0.25) is 5.91 Å². The molecule has 6 heteroatoms. The van der Waals surface area contributed by atoms with E-state index < -0.39 is 0 Å². The lowest BCUT2D eigenvalue weighted by atomic mass is 9.94. The van der Waals surface area contributed by atoms with Crippen molar-refractivity contribution in [2.75, 3.05) is 33.3 Å². The van der Waals surface area contributed by atoms with Gasteiger partial charge in [-0.05, 0) is 56.4 Å². The molecule has 0 unspecified atom stereocenters. The van der Waals surface area contributed by atoms with Gasteiger partial charge in [0.05, 0.1) is 13.2 Å². The summed E-state index contributed by atoms with van der Waals surface area (Å²) in [6, 6.07) is 7.40. The Morgan fingerprint density at radius 1 is 1.10 bits per heavy atom. The van der Waals surface area contributed by atoms with Gasteiger partial charge in [-0.3, -0.25) is 14.5 Å². The van der Waals surface area contributed by atoms with Crippen molar-refractivity contribution in [2.45, 2.75) is 58.0 Å². The molecule has 1 aromatic rings. The predicted octanol–water partition coefficient (Wildman–Crippen LogP) is 2.93. The number of amides is 2. The van der Waals surface area contributed by atoms with Crippen LogP contribution in [0.25, 0.3) is 0 Å². The Kier molecular flexibility index (Phi) is 7.53. The van der Waals surface area contributed by atoms with Crippen LogP contribution in [0, 0.1) is 5.92 Å². The molecule has 0 spiro atoms. The van der Waals surface area contributed by atoms with E-state index in [0.717, 1.165) is 38.1 Å². The van der Waals surface area contributed by atoms with E-state index in [0.29, 0.717) is 24.6 Å². The number of carbonyl (C=O) groups excluding carboxylic acids is 2. The summed E-state index contributed by atoms with van der Waals surface area (Å²) in [7, 11) is 1.62. The maximum absolute atomic E-state index is 13.1. The molecule has 1 aliphatic carbocycles. The number of rotatable bonds is 7. The second-order valence-corrected chi connectivity index (χ2v) is 8.36. The third-order valence-electron chi connectivity index (χ3n) is 6.45. The van der Waals surface area contributed by atoms with Crippen molar-refractivity contribution in [1.29, 1.82) is 0 Å². The monoisotopic (exact) mass is 401 g/mol. The van der Waals surface area contributed by atoms with Gasteiger partial charge in [-0.2, -0.15) is 0 Å². The first-order valence-electron chi connectivity index (χ1n) is 11.0. The molecule has 0 aromatic heterocycles. The molecule has 1 heterocycles. The standard InChI is InChI=1S/C23H35N3O3/c1-4-17(2)24-22(27)21(18-7-5-6-8-18)25-13-15-26(16-14-25)23(28)19-9-11-20(29-3)12-10-19/h9-12,17-18,21H,4-8,13-16H2,1-3H3,(H,24,27)/t17-,21-/m0/s1. The van der Waals surface area contributed by atoms with Gasteiger partial charge in [0.25, 0.3) is 5.91 Å². The lowest BCUT2D eigenvalue weighted by molar-refractivity contribution is -0.129. The highest BCUT2D eigenvalue weighted by Gasteiger charge is 2.37. The van der Waals surface area contributed by atoms with Crippen molar-refractivity contribution in [3.8, 4) is 5.75 Å². The van der Waals surface area contributed by atoms with Crippen LogP contribution in [-0.4, -0.2) is 67.0 Å². The number of piperazine rings is 1. The first kappa shape index (κ1) is 21.6. The van der Waals surface area contributed by atoms with Gasteiger partial charge in [-0.15, -0.1) is 0 Å². The summed E-state index contributed by atoms with van der Waals surface area (Å²) >= 11 is 0. The summed E-state index contributed by atoms with van der Waals surface area (Å²) < 4.78 is 5.17. The lowest BCUT2D eigenvalue weighted by Crippen LogP contribution is -2.58. The van der Waals surface area contributed by atoms with Crippen LogP contribution in [0.4, 0.5) is 0 Å². The lowest BCUT2D eigenvalue weighted by Gasteiger charge is -2.41. The van der Waals surface area contributed by atoms with Crippen molar-refractivity contribution in [3.63, 3.8) is 0 Å². The summed E-state index contributed by atoms with van der Waals surface area (Å²) in [5.74, 6) is 1.40. The van der Waals surface area contributed by atoms with Gasteiger partial charge in [0.1, 0.15) is 5.75 Å². The molecule has 2 atom stereocenters. The highest BCUT2D eigenvalue weighted by Crippen LogP contribution is 2.31. The van der Waals surface area contributed by atoms with Crippen molar-refractivity contribution < 1.29 is 14.3 Å². The molecule has 1 aliphatic heterocycles. The van der Waals surface area contributed by atoms with Gasteiger partial charge in [-0.25, -0.2) is 0 Å². The molecule has 2 fully saturated rings. The molecule has 2 aliphatic rings. The zero-order chi connectivity index (χ0) is 20.8. The maximum atomic E-state index is 13.1. The Balaban J connectivity index is 1.62. The number of nitrogens with one attached hydrogen (secondary N) is 1. The molecule has 0 bridgehead atoms. The number of hydrogen-bond acceptors (Lipinski definition) is 4. The molecule has 1 aromatic carbocycles. The summed E-state index contributed by atoms with van der Waals surface area (Å²) in [6.07, 6.45) is 5.63. The van der Waals surface area contributed by atoms with Crippen molar-refractivity contribution in [3.05, 3.63) is 29.8 Å². The molecule has 1 saturated carbocycles. The third kappa shape index (κ3) is 5.30. The Hall–Kier alpha value is -2.08. The van der Waals surface area contributed by atoms with E-state index in [1.54, 1.807) is 7.11 Å². The molecule has 2 amide bonds. The number of methoxy groups -OCH3 is 1. The van der Waals surface area contributed by atoms with Gasteiger partial charge in [-0.1, -0.05) is 19.8 Å². The fraction of sp³-hybridized carbons (Fsp3) is 0.652. The van der Waals surface area contributed by atoms with Crippen LogP contribution in [0.1, 0.15) is 56.3 Å². The molecular formula is C23H35N3O3. The van der Waals surface area contributed by atoms with Crippen LogP contribution < -0.4 is 10.1 Å². The fourth-order valence-electron chi connectivity index (χ4n) is 4.50. The average molecular weight is 402 g/mol. The van der Waals surface area contributed by atoms with E-state index in [-0.39, 0.29) is 23.9 Å². The molecule has 1 N–H and O–H groups in total. The number of ether oxygens (including phenoxy) is 1. The summed E-state index contributed by atoms with van der Waals surface area (Å²) in [5, 5.41) is 3.20. The highest BCUT2D eigenvalue weighted by atomic mass is 16.5. The van der Waals surface area contributed by atoms with Crippen LogP contribution in [0.3, 0.4) is 0 Å². The molecule has 29 heavy (non-hydrogen) atoms. The highest BCUT2D eigenvalue weighted by molar-refractivity contribution is 5.94. The summed E-state index contributed by atoms with van der Waals surface area (Å²) in [4.78, 5) is 30.1. The smallest absolute Gasteiger partial charge is 0.253 e. The van der Waals surface area contributed by atoms with Crippen LogP contribution in [0.15, 0.2) is 24.3 Å². The zero-order valence-electron chi connectivity index (χ0n) is 18.0. The van der Waals surface area contributed by atoms with Gasteiger partial charge in [0.15, 0.2) is 0 Å². The van der Waals surface area contributed by atoms with Crippen molar-refractivity contribution >= 4 is 11.8 Å². The zero-order valence-corrected chi connectivity index (χ0v) is 18.0.